The van der Waals surface area contributed by atoms with Crippen LogP contribution in [-0.2, 0) is 0 Å². The number of hydrogen-bond donors (Lipinski definition) is 2. The van der Waals surface area contributed by atoms with Crippen LogP contribution in [0.15, 0.2) is 10.7 Å². The first kappa shape index (κ1) is 11.6. The second-order valence-electron chi connectivity index (χ2n) is 3.83. The molecule has 0 unspecified atom stereocenters. The summed E-state index contributed by atoms with van der Waals surface area (Å²) < 4.78 is 0.820. The molecule has 1 aromatic rings. The molecular formula is C9H15BrN6. The Hall–Kier alpha value is -0.920. The zero-order valence-electron chi connectivity index (χ0n) is 9.15. The molecule has 16 heavy (non-hydrogen) atoms. The maximum absolute atomic E-state index is 5.54. The lowest BCUT2D eigenvalue weighted by atomic mass is 10.4. The average Bonchev–Trinajstić information content (AvgIpc) is 2.27. The zero-order valence-corrected chi connectivity index (χ0v) is 10.7. The van der Waals surface area contributed by atoms with E-state index < -0.39 is 0 Å². The molecule has 0 bridgehead atoms. The number of nitrogens with one attached hydrogen (secondary N) is 1. The predicted molar refractivity (Wildman–Crippen MR) is 66.8 cm³/mol. The molecule has 1 saturated heterocycles. The number of nitrogen functional groups attached to an aromatic ring is 1. The zero-order chi connectivity index (χ0) is 11.5. The third-order valence-electron chi connectivity index (χ3n) is 2.53. The quantitative estimate of drug-likeness (QED) is 0.820. The molecule has 1 aliphatic rings. The molecule has 2 rings (SSSR count). The summed E-state index contributed by atoms with van der Waals surface area (Å²) in [5, 5.41) is 2.13. The molecule has 0 amide bonds. The van der Waals surface area contributed by atoms with Gasteiger partial charge < -0.3 is 16.1 Å². The molecule has 2 heterocycles. The van der Waals surface area contributed by atoms with E-state index in [0.29, 0.717) is 0 Å². The number of hydrazine groups is 1. The van der Waals surface area contributed by atoms with E-state index in [0.717, 1.165) is 36.5 Å². The first-order chi connectivity index (χ1) is 7.65. The van der Waals surface area contributed by atoms with Crippen LogP contribution in [0.2, 0.25) is 0 Å². The lowest BCUT2D eigenvalue weighted by Crippen LogP contribution is -2.47. The Morgan fingerprint density at radius 2 is 2.06 bits per heavy atom. The Balaban J connectivity index is 2.00. The Bertz CT molecular complexity index is 363. The highest BCUT2D eigenvalue weighted by atomic mass is 79.9. The molecular weight excluding hydrogens is 272 g/mol. The predicted octanol–water partition coefficient (Wildman–Crippen LogP) is 0.396. The Kier molecular flexibility index (Phi) is 3.57. The maximum atomic E-state index is 5.54. The third kappa shape index (κ3) is 2.81. The van der Waals surface area contributed by atoms with Crippen molar-refractivity contribution in [3.05, 3.63) is 10.7 Å². The Labute approximate surface area is 103 Å². The summed E-state index contributed by atoms with van der Waals surface area (Å²) in [6.45, 7) is 4.02. The highest BCUT2D eigenvalue weighted by Gasteiger charge is 2.15. The standard InChI is InChI=1S/C9H15BrN6/c1-15-2-4-16(5-3-15)14-8-7(10)6-12-9(11)13-8/h6H,2-5H2,1H3,(H3,11,12,13,14). The van der Waals surface area contributed by atoms with Gasteiger partial charge in [0.15, 0.2) is 5.82 Å². The van der Waals surface area contributed by atoms with Crippen LogP contribution in [0.1, 0.15) is 0 Å². The lowest BCUT2D eigenvalue weighted by Gasteiger charge is -2.32. The summed E-state index contributed by atoms with van der Waals surface area (Å²) in [5.41, 5.74) is 8.78. The molecule has 0 spiro atoms. The fraction of sp³-hybridized carbons (Fsp3) is 0.556. The van der Waals surface area contributed by atoms with Gasteiger partial charge in [0.05, 0.1) is 4.47 Å². The normalized spacial score (nSPS) is 18.6. The van der Waals surface area contributed by atoms with Gasteiger partial charge in [-0.05, 0) is 23.0 Å². The summed E-state index contributed by atoms with van der Waals surface area (Å²) in [7, 11) is 2.12. The van der Waals surface area contributed by atoms with E-state index in [1.54, 1.807) is 6.20 Å². The first-order valence-electron chi connectivity index (χ1n) is 5.13. The average molecular weight is 287 g/mol. The van der Waals surface area contributed by atoms with Gasteiger partial charge in [-0.1, -0.05) is 0 Å². The molecule has 0 radical (unpaired) electrons. The minimum atomic E-state index is 0.278. The second kappa shape index (κ2) is 4.94. The molecule has 1 fully saturated rings. The Morgan fingerprint density at radius 3 is 2.75 bits per heavy atom. The number of nitrogens with zero attached hydrogens (tertiary/aromatic N) is 4. The lowest BCUT2D eigenvalue weighted by molar-refractivity contribution is 0.178. The van der Waals surface area contributed by atoms with Gasteiger partial charge in [-0.25, -0.2) is 9.99 Å². The van der Waals surface area contributed by atoms with Crippen LogP contribution in [0.25, 0.3) is 0 Å². The number of aromatic nitrogens is 2. The minimum absolute atomic E-state index is 0.278. The summed E-state index contributed by atoms with van der Waals surface area (Å²) in [6, 6.07) is 0. The first-order valence-corrected chi connectivity index (χ1v) is 5.92. The maximum Gasteiger partial charge on any atom is 0.222 e. The van der Waals surface area contributed by atoms with Crippen LogP contribution in [0.3, 0.4) is 0 Å². The number of likely N-dealkylation sites (N-methyl/N-ethyl adjacent to an activating group) is 1. The largest absolute Gasteiger partial charge is 0.368 e. The number of piperazine rings is 1. The molecule has 0 aliphatic carbocycles. The van der Waals surface area contributed by atoms with Gasteiger partial charge in [-0.15, -0.1) is 0 Å². The van der Waals surface area contributed by atoms with E-state index in [1.165, 1.54) is 0 Å². The van der Waals surface area contributed by atoms with Crippen molar-refractivity contribution in [2.75, 3.05) is 44.4 Å². The van der Waals surface area contributed by atoms with Crippen LogP contribution in [-0.4, -0.2) is 53.1 Å². The van der Waals surface area contributed by atoms with Crippen molar-refractivity contribution in [3.63, 3.8) is 0 Å². The smallest absolute Gasteiger partial charge is 0.222 e. The molecule has 1 aromatic heterocycles. The number of rotatable bonds is 2. The van der Waals surface area contributed by atoms with Crippen LogP contribution in [0.5, 0.6) is 0 Å². The molecule has 0 saturated carbocycles. The van der Waals surface area contributed by atoms with E-state index >= 15 is 0 Å². The van der Waals surface area contributed by atoms with Crippen molar-refractivity contribution in [3.8, 4) is 0 Å². The third-order valence-corrected chi connectivity index (χ3v) is 3.11. The molecule has 88 valence electrons. The van der Waals surface area contributed by atoms with Crippen molar-refractivity contribution >= 4 is 27.7 Å². The van der Waals surface area contributed by atoms with Gasteiger partial charge in [-0.2, -0.15) is 4.98 Å². The second-order valence-corrected chi connectivity index (χ2v) is 4.68. The highest BCUT2D eigenvalue weighted by Crippen LogP contribution is 2.19. The summed E-state index contributed by atoms with van der Waals surface area (Å²) in [5.74, 6) is 0.997. The van der Waals surface area contributed by atoms with Crippen LogP contribution < -0.4 is 11.2 Å². The SMILES string of the molecule is CN1CCN(Nc2nc(N)ncc2Br)CC1. The topological polar surface area (TPSA) is 70.3 Å². The van der Waals surface area contributed by atoms with Crippen molar-refractivity contribution in [1.29, 1.82) is 0 Å². The van der Waals surface area contributed by atoms with E-state index in [4.69, 9.17) is 5.73 Å². The van der Waals surface area contributed by atoms with E-state index in [9.17, 15) is 0 Å². The summed E-state index contributed by atoms with van der Waals surface area (Å²) in [4.78, 5) is 10.3. The highest BCUT2D eigenvalue weighted by molar-refractivity contribution is 9.10. The molecule has 1 aliphatic heterocycles. The number of anilines is 2. The van der Waals surface area contributed by atoms with Gasteiger partial charge in [-0.3, -0.25) is 0 Å². The van der Waals surface area contributed by atoms with Gasteiger partial charge in [0.1, 0.15) is 0 Å². The van der Waals surface area contributed by atoms with E-state index in [1.807, 2.05) is 0 Å². The number of halogens is 1. The van der Waals surface area contributed by atoms with Crippen LogP contribution in [0, 0.1) is 0 Å². The van der Waals surface area contributed by atoms with E-state index in [-0.39, 0.29) is 5.95 Å². The monoisotopic (exact) mass is 286 g/mol. The van der Waals surface area contributed by atoms with E-state index in [2.05, 4.69) is 48.3 Å². The van der Waals surface area contributed by atoms with Gasteiger partial charge in [0.2, 0.25) is 5.95 Å². The fourth-order valence-corrected chi connectivity index (χ4v) is 1.81. The van der Waals surface area contributed by atoms with Gasteiger partial charge in [0, 0.05) is 32.4 Å². The molecule has 0 atom stereocenters. The van der Waals surface area contributed by atoms with Crippen molar-refractivity contribution in [2.24, 2.45) is 0 Å². The molecule has 6 nitrogen and oxygen atoms in total. The molecule has 0 aromatic carbocycles. The molecule has 7 heteroatoms. The summed E-state index contributed by atoms with van der Waals surface area (Å²) >= 11 is 3.39. The van der Waals surface area contributed by atoms with Gasteiger partial charge >= 0.3 is 0 Å². The van der Waals surface area contributed by atoms with Crippen LogP contribution in [0.4, 0.5) is 11.8 Å². The van der Waals surface area contributed by atoms with Gasteiger partial charge in [0.25, 0.3) is 0 Å². The minimum Gasteiger partial charge on any atom is -0.368 e. The number of nitrogens with two attached hydrogens (primary N) is 1. The van der Waals surface area contributed by atoms with Crippen molar-refractivity contribution in [1.82, 2.24) is 19.9 Å². The van der Waals surface area contributed by atoms with Crippen molar-refractivity contribution < 1.29 is 0 Å². The molecule has 3 N–H and O–H groups in total. The summed E-state index contributed by atoms with van der Waals surface area (Å²) in [6.07, 6.45) is 1.65. The Morgan fingerprint density at radius 1 is 1.38 bits per heavy atom. The van der Waals surface area contributed by atoms with Crippen LogP contribution >= 0.6 is 15.9 Å². The van der Waals surface area contributed by atoms with Crippen molar-refractivity contribution in [2.45, 2.75) is 0 Å². The fourth-order valence-electron chi connectivity index (χ4n) is 1.53. The number of hydrogen-bond acceptors (Lipinski definition) is 6.